The van der Waals surface area contributed by atoms with Crippen LogP contribution in [0.2, 0.25) is 0 Å². The fourth-order valence-electron chi connectivity index (χ4n) is 9.51. The molecule has 6 heteroatoms. The lowest BCUT2D eigenvalue weighted by Gasteiger charge is -2.64. The maximum atomic E-state index is 13.8. The van der Waals surface area contributed by atoms with Crippen molar-refractivity contribution in [1.29, 1.82) is 5.26 Å². The normalized spacial score (nSPS) is 36.5. The van der Waals surface area contributed by atoms with Crippen LogP contribution in [0.5, 0.6) is 0 Å². The number of nitrogens with one attached hydrogen (secondary N) is 1. The molecule has 42 heavy (non-hydrogen) atoms. The van der Waals surface area contributed by atoms with Gasteiger partial charge in [0.15, 0.2) is 11.6 Å². The summed E-state index contributed by atoms with van der Waals surface area (Å²) in [5.41, 5.74) is 0.00525. The van der Waals surface area contributed by atoms with Gasteiger partial charge in [0.25, 0.3) is 0 Å². The molecule has 4 aliphatic rings. The van der Waals surface area contributed by atoms with Crippen LogP contribution in [-0.2, 0) is 14.3 Å². The molecule has 0 aromatic carbocycles. The third-order valence-electron chi connectivity index (χ3n) is 13.1. The molecule has 0 heterocycles. The number of rotatable bonds is 7. The van der Waals surface area contributed by atoms with Crippen molar-refractivity contribution in [2.24, 2.45) is 44.3 Å². The standard InChI is InChI=1S/C36H54N2O4/c1-10-38-30(41)42-20-19-36(16-13-31(3,4)14-17-36)18-15-34(8)24(2)26(39)21-28-33(7)22-25(23-37)29(40)32(5,6)27(33)11-12-35(28,34)9/h21-22,24,27H,10-20H2,1-9H3,(H,38,41)/t24?,27-,33-,34+,35+/m0/s1. The zero-order valence-electron chi connectivity index (χ0n) is 27.7. The lowest BCUT2D eigenvalue weighted by Crippen LogP contribution is -2.59. The summed E-state index contributed by atoms with van der Waals surface area (Å²) >= 11 is 0. The number of nitrogens with zero attached hydrogens (tertiary/aromatic N) is 1. The van der Waals surface area contributed by atoms with E-state index in [1.54, 1.807) is 0 Å². The summed E-state index contributed by atoms with van der Waals surface area (Å²) in [6, 6.07) is 2.19. The maximum Gasteiger partial charge on any atom is 0.407 e. The zero-order chi connectivity index (χ0) is 31.4. The van der Waals surface area contributed by atoms with Crippen molar-refractivity contribution >= 4 is 17.7 Å². The van der Waals surface area contributed by atoms with E-state index in [-0.39, 0.29) is 51.3 Å². The minimum atomic E-state index is -0.664. The fraction of sp³-hybridized carbons (Fsp3) is 0.778. The number of hydrogen-bond acceptors (Lipinski definition) is 5. The molecule has 0 saturated heterocycles. The van der Waals surface area contributed by atoms with Crippen LogP contribution in [0.25, 0.3) is 0 Å². The monoisotopic (exact) mass is 578 g/mol. The van der Waals surface area contributed by atoms with Gasteiger partial charge in [0.05, 0.1) is 12.2 Å². The van der Waals surface area contributed by atoms with E-state index in [1.165, 1.54) is 0 Å². The summed E-state index contributed by atoms with van der Waals surface area (Å²) in [4.78, 5) is 39.2. The van der Waals surface area contributed by atoms with E-state index in [1.807, 2.05) is 32.9 Å². The number of allylic oxidation sites excluding steroid dienone is 4. The summed E-state index contributed by atoms with van der Waals surface area (Å²) in [7, 11) is 0. The highest BCUT2D eigenvalue weighted by Gasteiger charge is 2.64. The van der Waals surface area contributed by atoms with E-state index < -0.39 is 10.8 Å². The van der Waals surface area contributed by atoms with Crippen molar-refractivity contribution < 1.29 is 19.1 Å². The van der Waals surface area contributed by atoms with Crippen molar-refractivity contribution in [2.45, 2.75) is 120 Å². The Morgan fingerprint density at radius 3 is 2.24 bits per heavy atom. The molecular formula is C36H54N2O4. The van der Waals surface area contributed by atoms with E-state index >= 15 is 0 Å². The van der Waals surface area contributed by atoms with E-state index in [9.17, 15) is 19.6 Å². The Hall–Kier alpha value is -2.42. The average Bonchev–Trinajstić information content (AvgIpc) is 2.92. The second-order valence-electron chi connectivity index (χ2n) is 16.1. The first kappa shape index (κ1) is 32.5. The molecule has 0 aromatic rings. The first-order valence-corrected chi connectivity index (χ1v) is 16.3. The topological polar surface area (TPSA) is 96.3 Å². The quantitative estimate of drug-likeness (QED) is 0.329. The molecule has 6 nitrogen and oxygen atoms in total. The number of carbonyl (C=O) groups is 3. The van der Waals surface area contributed by atoms with Gasteiger partial charge in [-0.05, 0) is 98.4 Å². The third-order valence-corrected chi connectivity index (χ3v) is 13.1. The summed E-state index contributed by atoms with van der Waals surface area (Å²) in [5, 5.41) is 12.7. The molecule has 5 atom stereocenters. The highest BCUT2D eigenvalue weighted by molar-refractivity contribution is 6.04. The van der Waals surface area contributed by atoms with Gasteiger partial charge in [-0.3, -0.25) is 9.59 Å². The molecule has 232 valence electrons. The van der Waals surface area contributed by atoms with E-state index in [0.29, 0.717) is 18.6 Å². The van der Waals surface area contributed by atoms with Crippen LogP contribution in [0.4, 0.5) is 4.79 Å². The summed E-state index contributed by atoms with van der Waals surface area (Å²) in [6.45, 7) is 20.5. The smallest absolute Gasteiger partial charge is 0.407 e. The summed E-state index contributed by atoms with van der Waals surface area (Å²) in [6.07, 6.45) is 12.5. The second kappa shape index (κ2) is 10.9. The highest BCUT2D eigenvalue weighted by Crippen LogP contribution is 2.70. The van der Waals surface area contributed by atoms with Gasteiger partial charge < -0.3 is 10.1 Å². The number of nitriles is 1. The number of Topliss-reactive ketones (excluding diaryl/α,β-unsaturated/α-hetero) is 1. The SMILES string of the molecule is CCNC(=O)OCCC1(CC[C@]2(C)C(C)C(=O)C=C3[C@@]4(C)C=C(C#N)C(=O)C(C)(C)[C@@H]4CC[C@]32C)CCC(C)(C)CC1. The molecule has 0 bridgehead atoms. The van der Waals surface area contributed by atoms with E-state index in [0.717, 1.165) is 63.4 Å². The molecule has 0 radical (unpaired) electrons. The molecule has 4 rings (SSSR count). The Balaban J connectivity index is 1.68. The van der Waals surface area contributed by atoms with Crippen molar-refractivity contribution in [3.05, 3.63) is 23.3 Å². The van der Waals surface area contributed by atoms with Gasteiger partial charge in [-0.25, -0.2) is 4.79 Å². The van der Waals surface area contributed by atoms with Gasteiger partial charge in [-0.1, -0.05) is 67.0 Å². The van der Waals surface area contributed by atoms with Gasteiger partial charge in [0.1, 0.15) is 6.07 Å². The lowest BCUT2D eigenvalue weighted by molar-refractivity contribution is -0.137. The number of ether oxygens (including phenoxy) is 1. The van der Waals surface area contributed by atoms with Crippen molar-refractivity contribution in [2.75, 3.05) is 13.2 Å². The van der Waals surface area contributed by atoms with Crippen molar-refractivity contribution in [3.8, 4) is 6.07 Å². The van der Waals surface area contributed by atoms with Crippen LogP contribution in [-0.4, -0.2) is 30.8 Å². The molecule has 1 N–H and O–H groups in total. The molecular weight excluding hydrogens is 524 g/mol. The lowest BCUT2D eigenvalue weighted by atomic mass is 9.38. The highest BCUT2D eigenvalue weighted by atomic mass is 16.5. The Labute approximate surface area is 254 Å². The molecule has 4 aliphatic carbocycles. The fourth-order valence-corrected chi connectivity index (χ4v) is 9.51. The van der Waals surface area contributed by atoms with Crippen LogP contribution >= 0.6 is 0 Å². The van der Waals surface area contributed by atoms with Crippen molar-refractivity contribution in [1.82, 2.24) is 5.32 Å². The number of carbonyl (C=O) groups excluding carboxylic acids is 3. The largest absolute Gasteiger partial charge is 0.450 e. The molecule has 2 saturated carbocycles. The first-order chi connectivity index (χ1) is 19.4. The number of ketones is 2. The van der Waals surface area contributed by atoms with E-state index in [2.05, 4.69) is 52.9 Å². The van der Waals surface area contributed by atoms with Crippen LogP contribution < -0.4 is 5.32 Å². The first-order valence-electron chi connectivity index (χ1n) is 16.3. The zero-order valence-corrected chi connectivity index (χ0v) is 27.7. The molecule has 0 aromatic heterocycles. The molecule has 2 fully saturated rings. The Kier molecular flexibility index (Phi) is 8.46. The second-order valence-corrected chi connectivity index (χ2v) is 16.1. The Bertz CT molecular complexity index is 1230. The summed E-state index contributed by atoms with van der Waals surface area (Å²) < 4.78 is 5.57. The number of hydrogen-bond donors (Lipinski definition) is 1. The van der Waals surface area contributed by atoms with Crippen molar-refractivity contribution in [3.63, 3.8) is 0 Å². The number of fused-ring (bicyclic) bond motifs is 3. The predicted molar refractivity (Wildman–Crippen MR) is 165 cm³/mol. The minimum Gasteiger partial charge on any atom is -0.450 e. The van der Waals surface area contributed by atoms with Crippen LogP contribution in [0, 0.1) is 55.7 Å². The Morgan fingerprint density at radius 1 is 1.00 bits per heavy atom. The maximum absolute atomic E-state index is 13.8. The number of alkyl carbamates (subject to hydrolysis) is 1. The van der Waals surface area contributed by atoms with E-state index in [4.69, 9.17) is 4.74 Å². The molecule has 0 spiro atoms. The van der Waals surface area contributed by atoms with Crippen LogP contribution in [0.15, 0.2) is 23.3 Å². The molecule has 1 unspecified atom stereocenters. The van der Waals surface area contributed by atoms with Gasteiger partial charge in [0.2, 0.25) is 0 Å². The van der Waals surface area contributed by atoms with Gasteiger partial charge in [0, 0.05) is 23.3 Å². The Morgan fingerprint density at radius 2 is 1.64 bits per heavy atom. The van der Waals surface area contributed by atoms with Crippen LogP contribution in [0.1, 0.15) is 120 Å². The third kappa shape index (κ3) is 5.17. The van der Waals surface area contributed by atoms with Gasteiger partial charge in [-0.2, -0.15) is 5.26 Å². The minimum absolute atomic E-state index is 0.0396. The summed E-state index contributed by atoms with van der Waals surface area (Å²) in [5.74, 6) is -0.00997. The van der Waals surface area contributed by atoms with Crippen LogP contribution in [0.3, 0.4) is 0 Å². The van der Waals surface area contributed by atoms with Gasteiger partial charge in [-0.15, -0.1) is 0 Å². The number of amides is 1. The van der Waals surface area contributed by atoms with Gasteiger partial charge >= 0.3 is 6.09 Å². The average molecular weight is 579 g/mol. The predicted octanol–water partition coefficient (Wildman–Crippen LogP) is 8.12. The molecule has 0 aliphatic heterocycles. The molecule has 1 amide bonds.